The van der Waals surface area contributed by atoms with Gasteiger partial charge in [0.1, 0.15) is 0 Å². The van der Waals surface area contributed by atoms with Gasteiger partial charge in [-0.05, 0) is 58.5 Å². The van der Waals surface area contributed by atoms with Gasteiger partial charge in [0, 0.05) is 31.5 Å². The molecule has 0 spiro atoms. The number of thiophene rings is 1. The summed E-state index contributed by atoms with van der Waals surface area (Å²) in [7, 11) is 0. The second kappa shape index (κ2) is 6.96. The van der Waals surface area contributed by atoms with Crippen LogP contribution in [0.3, 0.4) is 0 Å². The molecule has 1 aliphatic rings. The lowest BCUT2D eigenvalue weighted by atomic mass is 9.99. The normalized spacial score (nSPS) is 18.3. The predicted molar refractivity (Wildman–Crippen MR) is 101 cm³/mol. The Morgan fingerprint density at radius 3 is 2.67 bits per heavy atom. The molecule has 24 heavy (non-hydrogen) atoms. The Bertz CT molecular complexity index is 771. The van der Waals surface area contributed by atoms with Crippen LogP contribution in [0.25, 0.3) is 0 Å². The van der Waals surface area contributed by atoms with Crippen molar-refractivity contribution in [2.45, 2.75) is 38.9 Å². The van der Waals surface area contributed by atoms with Gasteiger partial charge in [-0.1, -0.05) is 31.2 Å². The lowest BCUT2D eigenvalue weighted by molar-refractivity contribution is 0.220. The molecule has 0 saturated carbocycles. The highest BCUT2D eigenvalue weighted by Gasteiger charge is 2.27. The summed E-state index contributed by atoms with van der Waals surface area (Å²) >= 11 is 1.79. The summed E-state index contributed by atoms with van der Waals surface area (Å²) in [6.07, 6.45) is 4.53. The van der Waals surface area contributed by atoms with E-state index in [0.717, 1.165) is 26.1 Å². The molecular formula is C21H24N2S. The average Bonchev–Trinajstić information content (AvgIpc) is 3.25. The van der Waals surface area contributed by atoms with Gasteiger partial charge in [-0.3, -0.25) is 4.90 Å². The zero-order chi connectivity index (χ0) is 16.4. The van der Waals surface area contributed by atoms with E-state index in [1.807, 2.05) is 0 Å². The summed E-state index contributed by atoms with van der Waals surface area (Å²) in [5, 5.41) is 4.46. The van der Waals surface area contributed by atoms with Crippen LogP contribution in [0.15, 0.2) is 59.4 Å². The van der Waals surface area contributed by atoms with Gasteiger partial charge in [0.15, 0.2) is 0 Å². The summed E-state index contributed by atoms with van der Waals surface area (Å²) in [5.74, 6) is 0. The third-order valence-electron chi connectivity index (χ3n) is 5.02. The van der Waals surface area contributed by atoms with E-state index in [0.29, 0.717) is 6.04 Å². The number of rotatable bonds is 4. The summed E-state index contributed by atoms with van der Waals surface area (Å²) in [4.78, 5) is 2.64. The number of aryl methyl sites for hydroxylation is 2. The standard InChI is InChI=1S/C21H24N2S/c1-2-17-6-8-19(9-7-17)21-20-5-3-11-22(20)12-4-13-23(21)15-18-10-14-24-16-18/h3,5-11,14,16,21H,2,4,12-13,15H2,1H3. The SMILES string of the molecule is CCc1ccc(C2c3cccn3CCCN2Cc2ccsc2)cc1. The lowest BCUT2D eigenvalue weighted by Gasteiger charge is -2.30. The number of fused-ring (bicyclic) bond motifs is 1. The van der Waals surface area contributed by atoms with Crippen LogP contribution in [0.5, 0.6) is 0 Å². The van der Waals surface area contributed by atoms with E-state index in [-0.39, 0.29) is 0 Å². The Labute approximate surface area is 148 Å². The maximum Gasteiger partial charge on any atom is 0.0759 e. The maximum atomic E-state index is 2.64. The molecule has 3 aromatic rings. The molecule has 4 rings (SSSR count). The molecule has 0 fully saturated rings. The highest BCUT2D eigenvalue weighted by atomic mass is 32.1. The van der Waals surface area contributed by atoms with Crippen LogP contribution in [-0.2, 0) is 19.5 Å². The van der Waals surface area contributed by atoms with Crippen LogP contribution in [0.2, 0.25) is 0 Å². The number of hydrogen-bond donors (Lipinski definition) is 0. The minimum absolute atomic E-state index is 0.341. The molecule has 0 amide bonds. The molecule has 1 unspecified atom stereocenters. The first-order valence-electron chi connectivity index (χ1n) is 8.84. The van der Waals surface area contributed by atoms with E-state index in [2.05, 4.69) is 75.8 Å². The smallest absolute Gasteiger partial charge is 0.0759 e. The largest absolute Gasteiger partial charge is 0.350 e. The molecule has 2 nitrogen and oxygen atoms in total. The zero-order valence-corrected chi connectivity index (χ0v) is 15.0. The molecule has 1 atom stereocenters. The predicted octanol–water partition coefficient (Wildman–Crippen LogP) is 5.11. The quantitative estimate of drug-likeness (QED) is 0.643. The summed E-state index contributed by atoms with van der Waals surface area (Å²) < 4.78 is 2.44. The van der Waals surface area contributed by atoms with Crippen molar-refractivity contribution in [3.05, 3.63) is 81.8 Å². The molecule has 0 N–H and O–H groups in total. The van der Waals surface area contributed by atoms with Gasteiger partial charge in [0.05, 0.1) is 6.04 Å². The van der Waals surface area contributed by atoms with Crippen molar-refractivity contribution in [2.24, 2.45) is 0 Å². The molecule has 124 valence electrons. The minimum atomic E-state index is 0.341. The van der Waals surface area contributed by atoms with Crippen LogP contribution >= 0.6 is 11.3 Å². The fraction of sp³-hybridized carbons (Fsp3) is 0.333. The van der Waals surface area contributed by atoms with Gasteiger partial charge < -0.3 is 4.57 Å². The first-order chi connectivity index (χ1) is 11.8. The molecule has 0 saturated heterocycles. The topological polar surface area (TPSA) is 8.17 Å². The molecule has 3 heterocycles. The van der Waals surface area contributed by atoms with Crippen molar-refractivity contribution in [3.63, 3.8) is 0 Å². The summed E-state index contributed by atoms with van der Waals surface area (Å²) in [6, 6.07) is 16.3. The zero-order valence-electron chi connectivity index (χ0n) is 14.2. The highest BCUT2D eigenvalue weighted by molar-refractivity contribution is 7.07. The van der Waals surface area contributed by atoms with Crippen molar-refractivity contribution < 1.29 is 0 Å². The van der Waals surface area contributed by atoms with Gasteiger partial charge in [0.2, 0.25) is 0 Å². The van der Waals surface area contributed by atoms with Crippen molar-refractivity contribution >= 4 is 11.3 Å². The van der Waals surface area contributed by atoms with Crippen molar-refractivity contribution in [1.29, 1.82) is 0 Å². The van der Waals surface area contributed by atoms with Crippen LogP contribution in [0.1, 0.15) is 41.8 Å². The van der Waals surface area contributed by atoms with Crippen LogP contribution in [0.4, 0.5) is 0 Å². The Balaban J connectivity index is 1.73. The minimum Gasteiger partial charge on any atom is -0.350 e. The van der Waals surface area contributed by atoms with Crippen molar-refractivity contribution in [3.8, 4) is 0 Å². The lowest BCUT2D eigenvalue weighted by Crippen LogP contribution is -2.29. The van der Waals surface area contributed by atoms with Crippen molar-refractivity contribution in [1.82, 2.24) is 9.47 Å². The van der Waals surface area contributed by atoms with E-state index in [4.69, 9.17) is 0 Å². The second-order valence-corrected chi connectivity index (χ2v) is 7.36. The summed E-state index contributed by atoms with van der Waals surface area (Å²) in [6.45, 7) is 5.49. The molecule has 0 aliphatic carbocycles. The second-order valence-electron chi connectivity index (χ2n) is 6.58. The van der Waals surface area contributed by atoms with Gasteiger partial charge >= 0.3 is 0 Å². The van der Waals surface area contributed by atoms with Gasteiger partial charge in [-0.15, -0.1) is 0 Å². The van der Waals surface area contributed by atoms with Crippen LogP contribution < -0.4 is 0 Å². The Hall–Kier alpha value is -1.84. The van der Waals surface area contributed by atoms with Gasteiger partial charge in [0.25, 0.3) is 0 Å². The number of aromatic nitrogens is 1. The van der Waals surface area contributed by atoms with Gasteiger partial charge in [-0.2, -0.15) is 11.3 Å². The Morgan fingerprint density at radius 2 is 1.92 bits per heavy atom. The highest BCUT2D eigenvalue weighted by Crippen LogP contribution is 2.33. The van der Waals surface area contributed by atoms with Gasteiger partial charge in [-0.25, -0.2) is 0 Å². The van der Waals surface area contributed by atoms with E-state index < -0.39 is 0 Å². The molecule has 2 aromatic heterocycles. The molecule has 1 aliphatic heterocycles. The van der Waals surface area contributed by atoms with E-state index in [1.165, 1.54) is 28.8 Å². The van der Waals surface area contributed by atoms with Crippen molar-refractivity contribution in [2.75, 3.05) is 6.54 Å². The first kappa shape index (κ1) is 15.7. The maximum absolute atomic E-state index is 2.64. The number of hydrogen-bond acceptors (Lipinski definition) is 2. The van der Waals surface area contributed by atoms with E-state index in [1.54, 1.807) is 11.3 Å². The van der Waals surface area contributed by atoms with Crippen LogP contribution in [0, 0.1) is 0 Å². The number of nitrogens with zero attached hydrogens (tertiary/aromatic N) is 2. The van der Waals surface area contributed by atoms with E-state index >= 15 is 0 Å². The monoisotopic (exact) mass is 336 g/mol. The molecule has 0 bridgehead atoms. The molecule has 0 radical (unpaired) electrons. The molecule has 1 aromatic carbocycles. The average molecular weight is 337 g/mol. The Kier molecular flexibility index (Phi) is 4.54. The Morgan fingerprint density at radius 1 is 1.04 bits per heavy atom. The molecular weight excluding hydrogens is 312 g/mol. The molecule has 3 heteroatoms. The fourth-order valence-electron chi connectivity index (χ4n) is 3.74. The van der Waals surface area contributed by atoms with Crippen LogP contribution in [-0.4, -0.2) is 16.0 Å². The third kappa shape index (κ3) is 3.06. The number of benzene rings is 1. The van der Waals surface area contributed by atoms with E-state index in [9.17, 15) is 0 Å². The fourth-order valence-corrected chi connectivity index (χ4v) is 4.40. The first-order valence-corrected chi connectivity index (χ1v) is 9.78. The summed E-state index contributed by atoms with van der Waals surface area (Å²) in [5.41, 5.74) is 5.67. The third-order valence-corrected chi connectivity index (χ3v) is 5.76.